The topological polar surface area (TPSA) is 76.1 Å². The summed E-state index contributed by atoms with van der Waals surface area (Å²) in [5.41, 5.74) is 0. The Balaban J connectivity index is 2.08. The summed E-state index contributed by atoms with van der Waals surface area (Å²) in [5, 5.41) is 8.93. The van der Waals surface area contributed by atoms with Crippen molar-refractivity contribution in [3.63, 3.8) is 0 Å². The van der Waals surface area contributed by atoms with Gasteiger partial charge in [0.05, 0.1) is 5.88 Å². The molecule has 1 amide bonds. The monoisotopic (exact) mass is 245 g/mol. The van der Waals surface area contributed by atoms with Gasteiger partial charge in [0.15, 0.2) is 0 Å². The number of rotatable bonds is 2. The minimum Gasteiger partial charge on any atom is -0.494 e. The van der Waals surface area contributed by atoms with Crippen LogP contribution in [-0.4, -0.2) is 52.8 Å². The Labute approximate surface area is 96.2 Å². The summed E-state index contributed by atoms with van der Waals surface area (Å²) in [4.78, 5) is 24.1. The van der Waals surface area contributed by atoms with Crippen LogP contribution in [0.4, 0.5) is 0 Å². The van der Waals surface area contributed by atoms with E-state index >= 15 is 0 Å². The van der Waals surface area contributed by atoms with E-state index in [-0.39, 0.29) is 5.76 Å². The summed E-state index contributed by atoms with van der Waals surface area (Å²) >= 11 is 1.41. The molecule has 1 N–H and O–H groups in total. The summed E-state index contributed by atoms with van der Waals surface area (Å²) < 4.78 is 10.1. The Morgan fingerprint density at radius 2 is 2.31 bits per heavy atom. The number of thioether (sulfide) groups is 1. The van der Waals surface area contributed by atoms with Crippen molar-refractivity contribution in [1.29, 1.82) is 0 Å². The molecule has 7 heteroatoms. The number of nitrogens with zero attached hydrogens (tertiary/aromatic N) is 1. The smallest absolute Gasteiger partial charge is 0.327 e. The van der Waals surface area contributed by atoms with Crippen LogP contribution < -0.4 is 0 Å². The molecule has 6 nitrogen and oxygen atoms in total. The van der Waals surface area contributed by atoms with E-state index in [2.05, 4.69) is 0 Å². The van der Waals surface area contributed by atoms with E-state index < -0.39 is 17.9 Å². The van der Waals surface area contributed by atoms with Crippen molar-refractivity contribution in [2.45, 2.75) is 6.04 Å². The first-order valence-corrected chi connectivity index (χ1v) is 5.91. The molecular formula is C9H11NO5S. The van der Waals surface area contributed by atoms with E-state index in [0.717, 1.165) is 0 Å². The maximum absolute atomic E-state index is 11.9. The maximum Gasteiger partial charge on any atom is 0.327 e. The van der Waals surface area contributed by atoms with Crippen molar-refractivity contribution in [3.05, 3.63) is 12.0 Å². The van der Waals surface area contributed by atoms with Crippen molar-refractivity contribution in [2.75, 3.05) is 24.8 Å². The van der Waals surface area contributed by atoms with Crippen LogP contribution in [0.5, 0.6) is 0 Å². The van der Waals surface area contributed by atoms with Crippen molar-refractivity contribution >= 4 is 23.6 Å². The summed E-state index contributed by atoms with van der Waals surface area (Å²) in [7, 11) is 0. The summed E-state index contributed by atoms with van der Waals surface area (Å²) in [6, 6.07) is -0.774. The molecule has 0 aromatic carbocycles. The predicted octanol–water partition coefficient (Wildman–Crippen LogP) is -0.139. The molecule has 0 bridgehead atoms. The Bertz CT molecular complexity index is 343. The molecule has 0 spiro atoms. The Kier molecular flexibility index (Phi) is 3.23. The van der Waals surface area contributed by atoms with Gasteiger partial charge in [0.25, 0.3) is 5.91 Å². The number of carbonyl (C=O) groups is 2. The van der Waals surface area contributed by atoms with Crippen LogP contribution >= 0.6 is 11.8 Å². The standard InChI is InChI=1S/C9H11NO5S/c11-8(7-3-14-1-2-15-7)10-5-16-4-6(10)9(12)13/h3,6H,1-2,4-5H2,(H,12,13)/t6-/m0/s1. The molecule has 2 aliphatic heterocycles. The van der Waals surface area contributed by atoms with Crippen LogP contribution in [0, 0.1) is 0 Å². The number of carbonyl (C=O) groups excluding carboxylic acids is 1. The second kappa shape index (κ2) is 4.65. The fourth-order valence-electron chi connectivity index (χ4n) is 1.47. The van der Waals surface area contributed by atoms with Crippen molar-refractivity contribution in [1.82, 2.24) is 4.90 Å². The fraction of sp³-hybridized carbons (Fsp3) is 0.556. The quantitative estimate of drug-likeness (QED) is 0.729. The molecule has 2 aliphatic rings. The van der Waals surface area contributed by atoms with E-state index in [9.17, 15) is 9.59 Å². The summed E-state index contributed by atoms with van der Waals surface area (Å²) in [6.07, 6.45) is 1.24. The minimum atomic E-state index is -0.990. The van der Waals surface area contributed by atoms with E-state index in [4.69, 9.17) is 14.6 Å². The molecule has 1 fully saturated rings. The molecule has 0 radical (unpaired) electrons. The van der Waals surface area contributed by atoms with Crippen LogP contribution in [0.1, 0.15) is 0 Å². The normalized spacial score (nSPS) is 24.4. The van der Waals surface area contributed by atoms with Crippen LogP contribution in [0.3, 0.4) is 0 Å². The van der Waals surface area contributed by atoms with Gasteiger partial charge in [0.1, 0.15) is 25.5 Å². The van der Waals surface area contributed by atoms with E-state index in [1.807, 2.05) is 0 Å². The molecule has 1 saturated heterocycles. The first-order valence-electron chi connectivity index (χ1n) is 4.76. The highest BCUT2D eigenvalue weighted by molar-refractivity contribution is 7.99. The lowest BCUT2D eigenvalue weighted by Crippen LogP contribution is -2.43. The number of hydrogen-bond acceptors (Lipinski definition) is 5. The summed E-state index contributed by atoms with van der Waals surface area (Å²) in [6.45, 7) is 0.726. The van der Waals surface area contributed by atoms with Gasteiger partial charge in [-0.3, -0.25) is 4.79 Å². The van der Waals surface area contributed by atoms with Gasteiger partial charge in [-0.05, 0) is 0 Å². The van der Waals surface area contributed by atoms with E-state index in [1.165, 1.54) is 22.9 Å². The number of carboxylic acids is 1. The number of carboxylic acid groups (broad SMARTS) is 1. The van der Waals surface area contributed by atoms with E-state index in [1.54, 1.807) is 0 Å². The van der Waals surface area contributed by atoms with Crippen LogP contribution in [0.15, 0.2) is 12.0 Å². The van der Waals surface area contributed by atoms with Gasteiger partial charge in [-0.25, -0.2) is 4.79 Å². The van der Waals surface area contributed by atoms with Gasteiger partial charge in [-0.1, -0.05) is 0 Å². The van der Waals surface area contributed by atoms with Gasteiger partial charge >= 0.3 is 5.97 Å². The molecular weight excluding hydrogens is 234 g/mol. The molecule has 0 unspecified atom stereocenters. The third kappa shape index (κ3) is 2.08. The molecule has 1 atom stereocenters. The second-order valence-electron chi connectivity index (χ2n) is 3.33. The van der Waals surface area contributed by atoms with Crippen LogP contribution in [0.2, 0.25) is 0 Å². The first kappa shape index (κ1) is 11.1. The Morgan fingerprint density at radius 3 is 2.94 bits per heavy atom. The van der Waals surface area contributed by atoms with Crippen LogP contribution in [0.25, 0.3) is 0 Å². The van der Waals surface area contributed by atoms with Crippen LogP contribution in [-0.2, 0) is 19.1 Å². The maximum atomic E-state index is 11.9. The highest BCUT2D eigenvalue weighted by Gasteiger charge is 2.37. The van der Waals surface area contributed by atoms with Gasteiger partial charge in [0.2, 0.25) is 5.76 Å². The molecule has 0 aliphatic carbocycles. The third-order valence-corrected chi connectivity index (χ3v) is 3.30. The lowest BCUT2D eigenvalue weighted by molar-refractivity contribution is -0.148. The first-order chi connectivity index (χ1) is 7.70. The lowest BCUT2D eigenvalue weighted by Gasteiger charge is -2.23. The lowest BCUT2D eigenvalue weighted by atomic mass is 10.3. The SMILES string of the molecule is O=C(O)[C@@H]1CSCN1C(=O)C1=COCCO1. The number of aliphatic carboxylic acids is 1. The zero-order valence-corrected chi connectivity index (χ0v) is 9.24. The molecule has 16 heavy (non-hydrogen) atoms. The highest BCUT2D eigenvalue weighted by Crippen LogP contribution is 2.23. The largest absolute Gasteiger partial charge is 0.494 e. The molecule has 0 aromatic heterocycles. The second-order valence-corrected chi connectivity index (χ2v) is 4.33. The number of ether oxygens (including phenoxy) is 2. The summed E-state index contributed by atoms with van der Waals surface area (Å²) in [5.74, 6) is -0.543. The number of hydrogen-bond donors (Lipinski definition) is 1. The minimum absolute atomic E-state index is 0.0833. The molecule has 2 rings (SSSR count). The van der Waals surface area contributed by atoms with Crippen molar-refractivity contribution in [2.24, 2.45) is 0 Å². The zero-order valence-electron chi connectivity index (χ0n) is 8.42. The van der Waals surface area contributed by atoms with E-state index in [0.29, 0.717) is 24.8 Å². The predicted molar refractivity (Wildman–Crippen MR) is 55.6 cm³/mol. The fourth-order valence-corrected chi connectivity index (χ4v) is 2.61. The van der Waals surface area contributed by atoms with Gasteiger partial charge < -0.3 is 19.5 Å². The van der Waals surface area contributed by atoms with Gasteiger partial charge in [0, 0.05) is 5.75 Å². The third-order valence-electron chi connectivity index (χ3n) is 2.29. The van der Waals surface area contributed by atoms with Crippen molar-refractivity contribution < 1.29 is 24.2 Å². The highest BCUT2D eigenvalue weighted by atomic mass is 32.2. The average Bonchev–Trinajstić information content (AvgIpc) is 2.78. The average molecular weight is 245 g/mol. The van der Waals surface area contributed by atoms with Crippen molar-refractivity contribution in [3.8, 4) is 0 Å². The Morgan fingerprint density at radius 1 is 1.50 bits per heavy atom. The van der Waals surface area contributed by atoms with Gasteiger partial charge in [-0.15, -0.1) is 11.8 Å². The molecule has 2 heterocycles. The van der Waals surface area contributed by atoms with Gasteiger partial charge in [-0.2, -0.15) is 0 Å². The molecule has 88 valence electrons. The molecule has 0 aromatic rings. The number of amides is 1. The zero-order chi connectivity index (χ0) is 11.5. The Hall–Kier alpha value is -1.37. The molecule has 0 saturated carbocycles.